The molecule has 0 saturated carbocycles. The van der Waals surface area contributed by atoms with Crippen molar-refractivity contribution in [2.75, 3.05) is 26.2 Å². The topological polar surface area (TPSA) is 67.4 Å². The number of ether oxygens (including phenoxy) is 1. The first-order chi connectivity index (χ1) is 12.0. The molecule has 2 aromatic heterocycles. The van der Waals surface area contributed by atoms with E-state index in [-0.39, 0.29) is 12.0 Å². The van der Waals surface area contributed by atoms with Gasteiger partial charge in [-0.15, -0.1) is 11.3 Å². The smallest absolute Gasteiger partial charge is 0.261 e. The van der Waals surface area contributed by atoms with Crippen molar-refractivity contribution < 1.29 is 9.53 Å². The summed E-state index contributed by atoms with van der Waals surface area (Å²) in [6, 6.07) is 0.585. The molecule has 0 spiro atoms. The third kappa shape index (κ3) is 3.16. The zero-order valence-corrected chi connectivity index (χ0v) is 15.8. The number of amides is 1. The van der Waals surface area contributed by atoms with Gasteiger partial charge in [-0.05, 0) is 45.7 Å². The second-order valence-corrected chi connectivity index (χ2v) is 8.05. The van der Waals surface area contributed by atoms with E-state index in [1.165, 1.54) is 24.2 Å². The largest absolute Gasteiger partial charge is 0.373 e. The fourth-order valence-corrected chi connectivity index (χ4v) is 5.18. The van der Waals surface area contributed by atoms with E-state index < -0.39 is 0 Å². The van der Waals surface area contributed by atoms with E-state index in [0.29, 0.717) is 12.6 Å². The van der Waals surface area contributed by atoms with Gasteiger partial charge in [0, 0.05) is 30.2 Å². The fourth-order valence-electron chi connectivity index (χ4n) is 3.99. The molecule has 2 atom stereocenters. The number of hydrogen-bond acceptors (Lipinski definition) is 6. The van der Waals surface area contributed by atoms with Crippen LogP contribution in [0.2, 0.25) is 0 Å². The van der Waals surface area contributed by atoms with Crippen molar-refractivity contribution in [1.29, 1.82) is 0 Å². The number of carbonyl (C=O) groups is 1. The van der Waals surface area contributed by atoms with Gasteiger partial charge in [0.1, 0.15) is 10.7 Å². The van der Waals surface area contributed by atoms with E-state index in [1.807, 2.05) is 20.8 Å². The number of carbonyl (C=O) groups excluding carboxylic acids is 1. The Bertz CT molecular complexity index is 819. The summed E-state index contributed by atoms with van der Waals surface area (Å²) in [4.78, 5) is 25.7. The second-order valence-electron chi connectivity index (χ2n) is 7.05. The Balaban J connectivity index is 1.45. The van der Waals surface area contributed by atoms with Crippen LogP contribution in [0.3, 0.4) is 0 Å². The molecule has 25 heavy (non-hydrogen) atoms. The molecular formula is C18H24N4O2S. The zero-order chi connectivity index (χ0) is 17.6. The first-order valence-electron chi connectivity index (χ1n) is 8.91. The summed E-state index contributed by atoms with van der Waals surface area (Å²) < 4.78 is 5.93. The van der Waals surface area contributed by atoms with E-state index in [2.05, 4.69) is 20.2 Å². The van der Waals surface area contributed by atoms with E-state index in [1.54, 1.807) is 0 Å². The molecule has 0 bridgehead atoms. The monoisotopic (exact) mass is 360 g/mol. The number of aromatic nitrogens is 2. The van der Waals surface area contributed by atoms with Gasteiger partial charge in [-0.1, -0.05) is 0 Å². The summed E-state index contributed by atoms with van der Waals surface area (Å²) in [5.74, 6) is 0.707. The van der Waals surface area contributed by atoms with Crippen molar-refractivity contribution in [3.63, 3.8) is 0 Å². The zero-order valence-electron chi connectivity index (χ0n) is 15.0. The van der Waals surface area contributed by atoms with Crippen LogP contribution < -0.4 is 5.32 Å². The Hall–Kier alpha value is -1.57. The highest BCUT2D eigenvalue weighted by molar-refractivity contribution is 7.20. The molecular weight excluding hydrogens is 336 g/mol. The molecule has 6 nitrogen and oxygen atoms in total. The maximum atomic E-state index is 12.7. The van der Waals surface area contributed by atoms with Crippen LogP contribution in [0.4, 0.5) is 0 Å². The van der Waals surface area contributed by atoms with Crippen LogP contribution in [-0.2, 0) is 4.74 Å². The summed E-state index contributed by atoms with van der Waals surface area (Å²) in [6.07, 6.45) is 2.57. The van der Waals surface area contributed by atoms with Gasteiger partial charge in [0.15, 0.2) is 0 Å². The number of thiophene rings is 1. The summed E-state index contributed by atoms with van der Waals surface area (Å²) in [7, 11) is 0. The molecule has 2 aliphatic heterocycles. The molecule has 0 aliphatic carbocycles. The van der Waals surface area contributed by atoms with Gasteiger partial charge in [-0.25, -0.2) is 9.97 Å². The Kier molecular flexibility index (Phi) is 4.47. The molecule has 0 radical (unpaired) electrons. The van der Waals surface area contributed by atoms with Crippen molar-refractivity contribution >= 4 is 27.5 Å². The third-order valence-electron chi connectivity index (χ3n) is 5.24. The molecule has 2 saturated heterocycles. The summed E-state index contributed by atoms with van der Waals surface area (Å²) >= 11 is 1.45. The number of fused-ring (bicyclic) bond motifs is 2. The number of hydrogen-bond donors (Lipinski definition) is 1. The molecule has 1 N–H and O–H groups in total. The first-order valence-corrected chi connectivity index (χ1v) is 9.72. The van der Waals surface area contributed by atoms with Gasteiger partial charge in [-0.2, -0.15) is 0 Å². The third-order valence-corrected chi connectivity index (χ3v) is 6.43. The standard InChI is InChI=1S/C18H24N4O2S/c1-10-15-11(2)20-12(3)21-18(15)25-16(10)17(23)19-7-14-8-22-6-4-5-13(22)9-24-14/h13-14H,4-9H2,1-3H3,(H,19,23)/t13-,14+/m1/s1. The second kappa shape index (κ2) is 6.63. The summed E-state index contributed by atoms with van der Waals surface area (Å²) in [5, 5.41) is 4.06. The molecule has 2 aromatic rings. The van der Waals surface area contributed by atoms with Gasteiger partial charge in [-0.3, -0.25) is 9.69 Å². The maximum absolute atomic E-state index is 12.7. The van der Waals surface area contributed by atoms with Crippen LogP contribution in [-0.4, -0.2) is 59.2 Å². The highest BCUT2D eigenvalue weighted by Gasteiger charge is 2.32. The van der Waals surface area contributed by atoms with Crippen molar-refractivity contribution in [3.05, 3.63) is 22.0 Å². The van der Waals surface area contributed by atoms with Gasteiger partial charge in [0.05, 0.1) is 17.6 Å². The Labute approximate surface area is 151 Å². The highest BCUT2D eigenvalue weighted by Crippen LogP contribution is 2.31. The molecule has 4 rings (SSSR count). The van der Waals surface area contributed by atoms with Gasteiger partial charge in [0.2, 0.25) is 0 Å². The van der Waals surface area contributed by atoms with Crippen LogP contribution in [0.5, 0.6) is 0 Å². The van der Waals surface area contributed by atoms with Gasteiger partial charge in [0.25, 0.3) is 5.91 Å². The molecule has 4 heterocycles. The van der Waals surface area contributed by atoms with E-state index in [4.69, 9.17) is 4.74 Å². The van der Waals surface area contributed by atoms with E-state index in [0.717, 1.165) is 51.9 Å². The van der Waals surface area contributed by atoms with Crippen LogP contribution >= 0.6 is 11.3 Å². The molecule has 7 heteroatoms. The summed E-state index contributed by atoms with van der Waals surface area (Å²) in [5.41, 5.74) is 1.91. The average molecular weight is 360 g/mol. The normalized spacial score (nSPS) is 23.8. The van der Waals surface area contributed by atoms with Crippen molar-refractivity contribution in [2.45, 2.75) is 45.8 Å². The summed E-state index contributed by atoms with van der Waals surface area (Å²) in [6.45, 7) is 9.25. The highest BCUT2D eigenvalue weighted by atomic mass is 32.1. The number of rotatable bonds is 3. The van der Waals surface area contributed by atoms with Crippen LogP contribution in [0, 0.1) is 20.8 Å². The predicted molar refractivity (Wildman–Crippen MR) is 98.3 cm³/mol. The van der Waals surface area contributed by atoms with Crippen LogP contribution in [0.25, 0.3) is 10.2 Å². The Morgan fingerprint density at radius 3 is 3.04 bits per heavy atom. The van der Waals surface area contributed by atoms with E-state index in [9.17, 15) is 4.79 Å². The molecule has 2 fully saturated rings. The maximum Gasteiger partial charge on any atom is 0.261 e. The molecule has 2 aliphatic rings. The molecule has 1 amide bonds. The molecule has 0 aromatic carbocycles. The number of aryl methyl sites for hydroxylation is 3. The quantitative estimate of drug-likeness (QED) is 0.909. The van der Waals surface area contributed by atoms with Crippen molar-refractivity contribution in [3.8, 4) is 0 Å². The number of nitrogens with zero attached hydrogens (tertiary/aromatic N) is 3. The number of nitrogens with one attached hydrogen (secondary N) is 1. The lowest BCUT2D eigenvalue weighted by Gasteiger charge is -2.35. The lowest BCUT2D eigenvalue weighted by atomic mass is 10.1. The van der Waals surface area contributed by atoms with Crippen molar-refractivity contribution in [2.24, 2.45) is 0 Å². The van der Waals surface area contributed by atoms with Crippen molar-refractivity contribution in [1.82, 2.24) is 20.2 Å². The van der Waals surface area contributed by atoms with E-state index >= 15 is 0 Å². The SMILES string of the molecule is Cc1nc(C)c2c(C)c(C(=O)NC[C@H]3CN4CCC[C@@H]4CO3)sc2n1. The fraction of sp³-hybridized carbons (Fsp3) is 0.611. The average Bonchev–Trinajstić information content (AvgIpc) is 3.16. The molecule has 0 unspecified atom stereocenters. The van der Waals surface area contributed by atoms with Gasteiger partial charge < -0.3 is 10.1 Å². The van der Waals surface area contributed by atoms with Crippen LogP contribution in [0.15, 0.2) is 0 Å². The predicted octanol–water partition coefficient (Wildman–Crippen LogP) is 2.21. The van der Waals surface area contributed by atoms with Crippen LogP contribution in [0.1, 0.15) is 39.6 Å². The number of morpholine rings is 1. The minimum absolute atomic E-state index is 0.0373. The lowest BCUT2D eigenvalue weighted by Crippen LogP contribution is -2.50. The van der Waals surface area contributed by atoms with Gasteiger partial charge >= 0.3 is 0 Å². The minimum atomic E-state index is -0.0373. The minimum Gasteiger partial charge on any atom is -0.373 e. The Morgan fingerprint density at radius 1 is 1.36 bits per heavy atom. The Morgan fingerprint density at radius 2 is 2.20 bits per heavy atom. The first kappa shape index (κ1) is 16.9. The molecule has 134 valence electrons. The lowest BCUT2D eigenvalue weighted by molar-refractivity contribution is -0.0461.